The van der Waals surface area contributed by atoms with Gasteiger partial charge < -0.3 is 10.2 Å². The summed E-state index contributed by atoms with van der Waals surface area (Å²) in [7, 11) is 2.14. The first-order chi connectivity index (χ1) is 8.99. The van der Waals surface area contributed by atoms with Crippen LogP contribution in [-0.2, 0) is 0 Å². The highest BCUT2D eigenvalue weighted by molar-refractivity contribution is 5.60. The van der Waals surface area contributed by atoms with Crippen LogP contribution in [0.4, 0.5) is 11.4 Å². The molecule has 0 saturated carbocycles. The van der Waals surface area contributed by atoms with Crippen LogP contribution in [0.3, 0.4) is 0 Å². The summed E-state index contributed by atoms with van der Waals surface area (Å²) < 4.78 is 0. The average Bonchev–Trinajstić information content (AvgIpc) is 2.36. The van der Waals surface area contributed by atoms with Crippen LogP contribution in [0.5, 0.6) is 0 Å². The highest BCUT2D eigenvalue weighted by Gasteiger charge is 2.23. The van der Waals surface area contributed by atoms with Gasteiger partial charge in [0.2, 0.25) is 0 Å². The highest BCUT2D eigenvalue weighted by Crippen LogP contribution is 2.27. The second-order valence-electron chi connectivity index (χ2n) is 5.40. The van der Waals surface area contributed by atoms with Crippen molar-refractivity contribution >= 4 is 11.4 Å². The predicted molar refractivity (Wildman–Crippen MR) is 76.6 cm³/mol. The monoisotopic (exact) mass is 263 g/mol. The number of nitro groups is 1. The lowest BCUT2D eigenvalue weighted by Crippen LogP contribution is -2.42. The molecule has 1 aliphatic rings. The minimum atomic E-state index is -0.322. The quantitative estimate of drug-likeness (QED) is 0.673. The first-order valence-corrected chi connectivity index (χ1v) is 6.70. The van der Waals surface area contributed by atoms with Crippen molar-refractivity contribution in [3.8, 4) is 0 Å². The Morgan fingerprint density at radius 3 is 2.84 bits per heavy atom. The Bertz CT molecular complexity index is 476. The van der Waals surface area contributed by atoms with Crippen LogP contribution in [-0.4, -0.2) is 35.5 Å². The zero-order chi connectivity index (χ0) is 14.0. The molecule has 0 aromatic heterocycles. The number of piperidine rings is 1. The molecule has 5 nitrogen and oxygen atoms in total. The molecule has 2 unspecified atom stereocenters. The number of benzene rings is 1. The van der Waals surface area contributed by atoms with Gasteiger partial charge in [-0.25, -0.2) is 0 Å². The van der Waals surface area contributed by atoms with Gasteiger partial charge in [-0.05, 0) is 39.8 Å². The lowest BCUT2D eigenvalue weighted by atomic mass is 9.98. The smallest absolute Gasteiger partial charge is 0.274 e. The number of likely N-dealkylation sites (tertiary alicyclic amines) is 1. The van der Waals surface area contributed by atoms with Gasteiger partial charge in [0.25, 0.3) is 5.69 Å². The fourth-order valence-corrected chi connectivity index (χ4v) is 2.62. The highest BCUT2D eigenvalue weighted by atomic mass is 16.6. The van der Waals surface area contributed by atoms with Crippen LogP contribution < -0.4 is 5.32 Å². The van der Waals surface area contributed by atoms with Crippen molar-refractivity contribution in [2.75, 3.05) is 18.9 Å². The van der Waals surface area contributed by atoms with Crippen molar-refractivity contribution in [1.82, 2.24) is 4.90 Å². The summed E-state index contributed by atoms with van der Waals surface area (Å²) in [6.45, 7) is 5.08. The van der Waals surface area contributed by atoms with E-state index in [-0.39, 0.29) is 10.6 Å². The lowest BCUT2D eigenvalue weighted by molar-refractivity contribution is -0.385. The molecule has 1 aliphatic heterocycles. The van der Waals surface area contributed by atoms with Gasteiger partial charge >= 0.3 is 0 Å². The van der Waals surface area contributed by atoms with Gasteiger partial charge in [0, 0.05) is 35.9 Å². The topological polar surface area (TPSA) is 58.4 Å². The van der Waals surface area contributed by atoms with E-state index in [9.17, 15) is 10.1 Å². The van der Waals surface area contributed by atoms with Crippen molar-refractivity contribution in [2.24, 2.45) is 0 Å². The summed E-state index contributed by atoms with van der Waals surface area (Å²) in [5, 5.41) is 14.4. The summed E-state index contributed by atoms with van der Waals surface area (Å²) in [5.41, 5.74) is 1.79. The van der Waals surface area contributed by atoms with Crippen LogP contribution in [0, 0.1) is 17.0 Å². The Balaban J connectivity index is 2.11. The van der Waals surface area contributed by atoms with E-state index in [1.807, 2.05) is 6.07 Å². The van der Waals surface area contributed by atoms with Gasteiger partial charge in [-0.2, -0.15) is 0 Å². The average molecular weight is 263 g/mol. The summed E-state index contributed by atoms with van der Waals surface area (Å²) in [5.74, 6) is 0. The molecule has 5 heteroatoms. The van der Waals surface area contributed by atoms with E-state index >= 15 is 0 Å². The maximum absolute atomic E-state index is 10.9. The van der Waals surface area contributed by atoms with Crippen molar-refractivity contribution < 1.29 is 4.92 Å². The molecule has 19 heavy (non-hydrogen) atoms. The number of nitrogens with zero attached hydrogens (tertiary/aromatic N) is 2. The van der Waals surface area contributed by atoms with E-state index in [0.29, 0.717) is 12.1 Å². The molecule has 0 radical (unpaired) electrons. The molecule has 0 bridgehead atoms. The van der Waals surface area contributed by atoms with Crippen molar-refractivity contribution in [1.29, 1.82) is 0 Å². The van der Waals surface area contributed by atoms with Gasteiger partial charge in [-0.15, -0.1) is 0 Å². The predicted octanol–water partition coefficient (Wildman–Crippen LogP) is 2.80. The van der Waals surface area contributed by atoms with E-state index in [1.165, 1.54) is 0 Å². The number of hydrogen-bond acceptors (Lipinski definition) is 4. The zero-order valence-electron chi connectivity index (χ0n) is 11.7. The molecule has 104 valence electrons. The first kappa shape index (κ1) is 13.8. The minimum absolute atomic E-state index is 0.186. The van der Waals surface area contributed by atoms with E-state index < -0.39 is 0 Å². The molecular weight excluding hydrogens is 242 g/mol. The molecule has 1 saturated heterocycles. The van der Waals surface area contributed by atoms with E-state index in [2.05, 4.69) is 24.2 Å². The third-order valence-electron chi connectivity index (χ3n) is 4.07. The second-order valence-corrected chi connectivity index (χ2v) is 5.40. The molecular formula is C14H21N3O2. The Morgan fingerprint density at radius 1 is 1.47 bits per heavy atom. The largest absolute Gasteiger partial charge is 0.382 e. The Kier molecular flexibility index (Phi) is 4.04. The summed E-state index contributed by atoms with van der Waals surface area (Å²) >= 11 is 0. The molecule has 2 rings (SSSR count). The fourth-order valence-electron chi connectivity index (χ4n) is 2.62. The second kappa shape index (κ2) is 5.57. The van der Waals surface area contributed by atoms with Crippen molar-refractivity contribution in [3.63, 3.8) is 0 Å². The minimum Gasteiger partial charge on any atom is -0.382 e. The molecule has 0 amide bonds. The molecule has 2 atom stereocenters. The maximum Gasteiger partial charge on any atom is 0.274 e. The van der Waals surface area contributed by atoms with Gasteiger partial charge in [0.15, 0.2) is 0 Å². The van der Waals surface area contributed by atoms with Gasteiger partial charge in [-0.3, -0.25) is 10.1 Å². The zero-order valence-corrected chi connectivity index (χ0v) is 11.7. The Hall–Kier alpha value is -1.62. The molecule has 1 aromatic carbocycles. The summed E-state index contributed by atoms with van der Waals surface area (Å²) in [6.07, 6.45) is 2.14. The van der Waals surface area contributed by atoms with Crippen molar-refractivity contribution in [3.05, 3.63) is 33.9 Å². The third kappa shape index (κ3) is 3.04. The van der Waals surface area contributed by atoms with E-state index in [0.717, 1.165) is 30.6 Å². The number of hydrogen-bond donors (Lipinski definition) is 1. The van der Waals surface area contributed by atoms with Crippen LogP contribution in [0.2, 0.25) is 0 Å². The van der Waals surface area contributed by atoms with Crippen LogP contribution in [0.15, 0.2) is 18.2 Å². The SMILES string of the molecule is Cc1c(NC2CCN(C)C(C)C2)cccc1[N+](=O)[O-]. The molecule has 1 heterocycles. The third-order valence-corrected chi connectivity index (χ3v) is 4.07. The molecule has 1 aromatic rings. The van der Waals surface area contributed by atoms with Crippen molar-refractivity contribution in [2.45, 2.75) is 38.8 Å². The Morgan fingerprint density at radius 2 is 2.21 bits per heavy atom. The fraction of sp³-hybridized carbons (Fsp3) is 0.571. The van der Waals surface area contributed by atoms with Gasteiger partial charge in [-0.1, -0.05) is 6.07 Å². The van der Waals surface area contributed by atoms with Crippen LogP contribution in [0.25, 0.3) is 0 Å². The molecule has 0 spiro atoms. The normalized spacial score (nSPS) is 24.2. The van der Waals surface area contributed by atoms with E-state index in [4.69, 9.17) is 0 Å². The summed E-state index contributed by atoms with van der Waals surface area (Å²) in [4.78, 5) is 13.0. The maximum atomic E-state index is 10.9. The molecule has 1 N–H and O–H groups in total. The van der Waals surface area contributed by atoms with Gasteiger partial charge in [0.1, 0.15) is 0 Å². The van der Waals surface area contributed by atoms with Gasteiger partial charge in [0.05, 0.1) is 4.92 Å². The Labute approximate surface area is 113 Å². The number of nitro benzene ring substituents is 1. The first-order valence-electron chi connectivity index (χ1n) is 6.70. The summed E-state index contributed by atoms with van der Waals surface area (Å²) in [6, 6.07) is 6.16. The number of anilines is 1. The number of nitrogens with one attached hydrogen (secondary N) is 1. The standard InChI is InChI=1S/C14H21N3O2/c1-10-9-12(7-8-16(10)3)15-13-5-4-6-14(11(13)2)17(18)19/h4-6,10,12,15H,7-9H2,1-3H3. The lowest BCUT2D eigenvalue weighted by Gasteiger charge is -2.36. The molecule has 0 aliphatic carbocycles. The van der Waals surface area contributed by atoms with Crippen LogP contribution >= 0.6 is 0 Å². The molecule has 1 fully saturated rings. The van der Waals surface area contributed by atoms with Crippen LogP contribution in [0.1, 0.15) is 25.3 Å². The van der Waals surface area contributed by atoms with E-state index in [1.54, 1.807) is 19.1 Å². The number of rotatable bonds is 3.